The zero-order valence-electron chi connectivity index (χ0n) is 18.9. The number of carbonyl (C=O) groups excluding carboxylic acids is 2. The normalized spacial score (nSPS) is 14.6. The van der Waals surface area contributed by atoms with Crippen molar-refractivity contribution in [2.75, 3.05) is 12.0 Å². The standard InChI is InChI=1S/C26H19ClN2O6S/c1-34-22-13-16(4-11-21(22)35-14-15-2-5-17(6-3-15)25(32)33)12-20-23(30)28-26(36)29(24(20)31)19-9-7-18(27)8-10-19/h2-13H,14H2,1H3,(H,32,33)(H,28,30,36)/b20-12+. The number of amides is 2. The molecule has 1 heterocycles. The van der Waals surface area contributed by atoms with Crippen LogP contribution in [0.2, 0.25) is 5.02 Å². The number of ether oxygens (including phenoxy) is 2. The first-order valence-corrected chi connectivity index (χ1v) is 11.4. The van der Waals surface area contributed by atoms with E-state index in [2.05, 4.69) is 5.32 Å². The van der Waals surface area contributed by atoms with Crippen molar-refractivity contribution in [1.82, 2.24) is 5.32 Å². The molecule has 3 aromatic carbocycles. The largest absolute Gasteiger partial charge is 0.493 e. The Hall–Kier alpha value is -4.21. The van der Waals surface area contributed by atoms with Gasteiger partial charge in [0.05, 0.1) is 18.4 Å². The molecule has 0 spiro atoms. The minimum Gasteiger partial charge on any atom is -0.493 e. The zero-order valence-corrected chi connectivity index (χ0v) is 20.4. The molecule has 4 rings (SSSR count). The fourth-order valence-electron chi connectivity index (χ4n) is 3.45. The summed E-state index contributed by atoms with van der Waals surface area (Å²) in [7, 11) is 1.47. The highest BCUT2D eigenvalue weighted by atomic mass is 35.5. The van der Waals surface area contributed by atoms with Crippen molar-refractivity contribution >= 4 is 58.5 Å². The van der Waals surface area contributed by atoms with Gasteiger partial charge >= 0.3 is 5.97 Å². The van der Waals surface area contributed by atoms with Gasteiger partial charge in [-0.15, -0.1) is 0 Å². The monoisotopic (exact) mass is 522 g/mol. The summed E-state index contributed by atoms with van der Waals surface area (Å²) < 4.78 is 11.3. The number of thiocarbonyl (C=S) groups is 1. The minimum atomic E-state index is -1.00. The third-order valence-electron chi connectivity index (χ3n) is 5.28. The second-order valence-electron chi connectivity index (χ2n) is 7.64. The van der Waals surface area contributed by atoms with Crippen LogP contribution < -0.4 is 19.7 Å². The van der Waals surface area contributed by atoms with Gasteiger partial charge in [-0.05, 0) is 78.0 Å². The molecule has 182 valence electrons. The smallest absolute Gasteiger partial charge is 0.335 e. The lowest BCUT2D eigenvalue weighted by Gasteiger charge is -2.29. The van der Waals surface area contributed by atoms with Crippen LogP contribution in [0.5, 0.6) is 11.5 Å². The third kappa shape index (κ3) is 5.37. The van der Waals surface area contributed by atoms with Crippen molar-refractivity contribution in [3.05, 3.63) is 94.0 Å². The number of hydrogen-bond donors (Lipinski definition) is 2. The lowest BCUT2D eigenvalue weighted by atomic mass is 10.1. The van der Waals surface area contributed by atoms with Crippen LogP contribution in [0.3, 0.4) is 0 Å². The molecule has 0 aliphatic carbocycles. The fraction of sp³-hybridized carbons (Fsp3) is 0.0769. The second kappa shape index (κ2) is 10.6. The van der Waals surface area contributed by atoms with E-state index in [1.165, 1.54) is 30.2 Å². The maximum Gasteiger partial charge on any atom is 0.335 e. The fourth-order valence-corrected chi connectivity index (χ4v) is 3.85. The van der Waals surface area contributed by atoms with Crippen molar-refractivity contribution in [2.45, 2.75) is 6.61 Å². The number of hydrogen-bond acceptors (Lipinski definition) is 6. The second-order valence-corrected chi connectivity index (χ2v) is 8.46. The molecule has 0 unspecified atom stereocenters. The number of halogens is 1. The summed E-state index contributed by atoms with van der Waals surface area (Å²) in [6, 6.07) is 17.8. The number of methoxy groups -OCH3 is 1. The Morgan fingerprint density at radius 2 is 1.75 bits per heavy atom. The highest BCUT2D eigenvalue weighted by Gasteiger charge is 2.34. The molecule has 0 radical (unpaired) electrons. The number of rotatable bonds is 7. The Morgan fingerprint density at radius 3 is 2.39 bits per heavy atom. The molecule has 0 bridgehead atoms. The molecule has 36 heavy (non-hydrogen) atoms. The Labute approximate surface area is 216 Å². The van der Waals surface area contributed by atoms with E-state index < -0.39 is 17.8 Å². The van der Waals surface area contributed by atoms with E-state index in [9.17, 15) is 14.4 Å². The molecule has 3 aromatic rings. The third-order valence-corrected chi connectivity index (χ3v) is 5.82. The highest BCUT2D eigenvalue weighted by molar-refractivity contribution is 7.80. The summed E-state index contributed by atoms with van der Waals surface area (Å²) in [5.74, 6) is -1.36. The van der Waals surface area contributed by atoms with Gasteiger partial charge in [0, 0.05) is 5.02 Å². The van der Waals surface area contributed by atoms with E-state index >= 15 is 0 Å². The van der Waals surface area contributed by atoms with Gasteiger partial charge in [-0.1, -0.05) is 29.8 Å². The van der Waals surface area contributed by atoms with Gasteiger partial charge in [0.25, 0.3) is 11.8 Å². The molecule has 1 fully saturated rings. The van der Waals surface area contributed by atoms with Crippen LogP contribution in [-0.2, 0) is 16.2 Å². The summed E-state index contributed by atoms with van der Waals surface area (Å²) in [5.41, 5.74) is 1.86. The first kappa shape index (κ1) is 24.9. The number of carboxylic acid groups (broad SMARTS) is 1. The number of anilines is 1. The average Bonchev–Trinajstić information content (AvgIpc) is 2.86. The Balaban J connectivity index is 1.55. The van der Waals surface area contributed by atoms with Gasteiger partial charge in [-0.2, -0.15) is 0 Å². The lowest BCUT2D eigenvalue weighted by Crippen LogP contribution is -2.54. The van der Waals surface area contributed by atoms with Crippen LogP contribution >= 0.6 is 23.8 Å². The molecule has 1 aliphatic rings. The number of carboxylic acids is 1. The Kier molecular flexibility index (Phi) is 7.33. The molecule has 0 atom stereocenters. The lowest BCUT2D eigenvalue weighted by molar-refractivity contribution is -0.122. The number of nitrogens with zero attached hydrogens (tertiary/aromatic N) is 1. The van der Waals surface area contributed by atoms with Crippen LogP contribution in [-0.4, -0.2) is 35.1 Å². The SMILES string of the molecule is COc1cc(/C=C2\C(=O)NC(=S)N(c3ccc(Cl)cc3)C2=O)ccc1OCc1ccc(C(=O)O)cc1. The summed E-state index contributed by atoms with van der Waals surface area (Å²) in [6.07, 6.45) is 1.44. The van der Waals surface area contributed by atoms with Gasteiger partial charge < -0.3 is 14.6 Å². The summed E-state index contributed by atoms with van der Waals surface area (Å²) in [4.78, 5) is 38.0. The van der Waals surface area contributed by atoms with Crippen LogP contribution in [0.1, 0.15) is 21.5 Å². The quantitative estimate of drug-likeness (QED) is 0.268. The van der Waals surface area contributed by atoms with Crippen LogP contribution in [0.15, 0.2) is 72.3 Å². The van der Waals surface area contributed by atoms with Crippen molar-refractivity contribution in [2.24, 2.45) is 0 Å². The summed E-state index contributed by atoms with van der Waals surface area (Å²) in [5, 5.41) is 12.0. The van der Waals surface area contributed by atoms with Gasteiger partial charge in [-0.3, -0.25) is 19.8 Å². The number of nitrogens with one attached hydrogen (secondary N) is 1. The van der Waals surface area contributed by atoms with Crippen molar-refractivity contribution < 1.29 is 29.0 Å². The number of aromatic carboxylic acids is 1. The molecule has 10 heteroatoms. The van der Waals surface area contributed by atoms with E-state index in [0.717, 1.165) is 5.56 Å². The van der Waals surface area contributed by atoms with E-state index in [1.807, 2.05) is 0 Å². The molecule has 1 aliphatic heterocycles. The molecule has 1 saturated heterocycles. The molecule has 8 nitrogen and oxygen atoms in total. The highest BCUT2D eigenvalue weighted by Crippen LogP contribution is 2.31. The van der Waals surface area contributed by atoms with Crippen molar-refractivity contribution in [1.29, 1.82) is 0 Å². The molecular weight excluding hydrogens is 504 g/mol. The maximum absolute atomic E-state index is 13.2. The molecule has 2 N–H and O–H groups in total. The van der Waals surface area contributed by atoms with Crippen molar-refractivity contribution in [3.63, 3.8) is 0 Å². The van der Waals surface area contributed by atoms with E-state index in [1.54, 1.807) is 54.6 Å². The van der Waals surface area contributed by atoms with Crippen LogP contribution in [0, 0.1) is 0 Å². The van der Waals surface area contributed by atoms with Gasteiger partial charge in [0.1, 0.15) is 12.2 Å². The average molecular weight is 523 g/mol. The number of carbonyl (C=O) groups is 3. The summed E-state index contributed by atoms with van der Waals surface area (Å²) >= 11 is 11.1. The van der Waals surface area contributed by atoms with Crippen LogP contribution in [0.4, 0.5) is 5.69 Å². The Bertz CT molecular complexity index is 1390. The Morgan fingerprint density at radius 1 is 1.06 bits per heavy atom. The molecule has 0 saturated carbocycles. The zero-order chi connectivity index (χ0) is 25.8. The maximum atomic E-state index is 13.2. The topological polar surface area (TPSA) is 105 Å². The van der Waals surface area contributed by atoms with Gasteiger partial charge in [0.15, 0.2) is 16.6 Å². The predicted molar refractivity (Wildman–Crippen MR) is 138 cm³/mol. The number of benzene rings is 3. The first-order chi connectivity index (χ1) is 17.3. The summed E-state index contributed by atoms with van der Waals surface area (Å²) in [6.45, 7) is 0.186. The first-order valence-electron chi connectivity index (χ1n) is 10.6. The molecular formula is C26H19ClN2O6S. The van der Waals surface area contributed by atoms with E-state index in [4.69, 9.17) is 38.4 Å². The van der Waals surface area contributed by atoms with E-state index in [-0.39, 0.29) is 22.9 Å². The van der Waals surface area contributed by atoms with Gasteiger partial charge in [-0.25, -0.2) is 4.79 Å². The molecule has 0 aromatic heterocycles. The minimum absolute atomic E-state index is 0.0258. The van der Waals surface area contributed by atoms with Gasteiger partial charge in [0.2, 0.25) is 0 Å². The van der Waals surface area contributed by atoms with Crippen LogP contribution in [0.25, 0.3) is 6.08 Å². The van der Waals surface area contributed by atoms with E-state index in [0.29, 0.717) is 27.8 Å². The van der Waals surface area contributed by atoms with Crippen molar-refractivity contribution in [3.8, 4) is 11.5 Å². The predicted octanol–water partition coefficient (Wildman–Crippen LogP) is 4.46. The molecule has 2 amide bonds.